The highest BCUT2D eigenvalue weighted by atomic mass is 32.2. The third-order valence-electron chi connectivity index (χ3n) is 3.89. The molecule has 0 atom stereocenters. The minimum Gasteiger partial charge on any atom is -0.372 e. The van der Waals surface area contributed by atoms with Gasteiger partial charge in [0.1, 0.15) is 0 Å². The van der Waals surface area contributed by atoms with E-state index in [1.165, 1.54) is 55.0 Å². The van der Waals surface area contributed by atoms with Crippen LogP contribution >= 0.6 is 23.1 Å². The first-order valence-electron chi connectivity index (χ1n) is 8.49. The number of nitrogens with one attached hydrogen (secondary N) is 2. The fourth-order valence-corrected chi connectivity index (χ4v) is 4.30. The highest BCUT2D eigenvalue weighted by Crippen LogP contribution is 2.26. The van der Waals surface area contributed by atoms with Gasteiger partial charge in [0, 0.05) is 31.4 Å². The smallest absolute Gasteiger partial charge is 0.234 e. The number of aromatic nitrogens is 2. The van der Waals surface area contributed by atoms with Crippen molar-refractivity contribution in [2.45, 2.75) is 30.5 Å². The molecule has 0 saturated carbocycles. The van der Waals surface area contributed by atoms with Crippen LogP contribution in [0.4, 0.5) is 16.5 Å². The van der Waals surface area contributed by atoms with Crippen molar-refractivity contribution in [3.63, 3.8) is 0 Å². The molecule has 9 heteroatoms. The number of nitrogens with zero attached hydrogens (tertiary/aromatic N) is 3. The van der Waals surface area contributed by atoms with Gasteiger partial charge in [0.2, 0.25) is 16.9 Å². The first-order valence-corrected chi connectivity index (χ1v) is 10.3. The Morgan fingerprint density at radius 2 is 1.85 bits per heavy atom. The summed E-state index contributed by atoms with van der Waals surface area (Å²) in [5.41, 5.74) is 1.99. The van der Waals surface area contributed by atoms with Crippen LogP contribution in [0.15, 0.2) is 28.6 Å². The minimum absolute atomic E-state index is 0.100. The number of hydrogen-bond donors (Lipinski definition) is 2. The first-order chi connectivity index (χ1) is 12.6. The molecule has 26 heavy (non-hydrogen) atoms. The number of benzene rings is 1. The summed E-state index contributed by atoms with van der Waals surface area (Å²) in [5.74, 6) is -0.0526. The van der Waals surface area contributed by atoms with E-state index in [-0.39, 0.29) is 17.6 Å². The zero-order valence-electron chi connectivity index (χ0n) is 14.5. The predicted octanol–water partition coefficient (Wildman–Crippen LogP) is 3.22. The summed E-state index contributed by atoms with van der Waals surface area (Å²) in [6.45, 7) is 3.62. The van der Waals surface area contributed by atoms with Gasteiger partial charge in [-0.25, -0.2) is 0 Å². The van der Waals surface area contributed by atoms with Crippen LogP contribution in [0.5, 0.6) is 0 Å². The van der Waals surface area contributed by atoms with Crippen molar-refractivity contribution in [1.29, 1.82) is 0 Å². The average Bonchev–Trinajstić information content (AvgIpc) is 3.08. The fourth-order valence-electron chi connectivity index (χ4n) is 2.70. The molecule has 2 amide bonds. The lowest BCUT2D eigenvalue weighted by Crippen LogP contribution is -2.29. The van der Waals surface area contributed by atoms with Crippen molar-refractivity contribution in [3.8, 4) is 0 Å². The van der Waals surface area contributed by atoms with Crippen molar-refractivity contribution in [1.82, 2.24) is 10.2 Å². The van der Waals surface area contributed by atoms with Crippen LogP contribution in [0.3, 0.4) is 0 Å². The lowest BCUT2D eigenvalue weighted by Gasteiger charge is -2.28. The second-order valence-electron chi connectivity index (χ2n) is 5.99. The molecule has 2 heterocycles. The van der Waals surface area contributed by atoms with E-state index in [9.17, 15) is 9.59 Å². The van der Waals surface area contributed by atoms with Gasteiger partial charge in [0.05, 0.1) is 5.75 Å². The zero-order valence-corrected chi connectivity index (χ0v) is 16.2. The predicted molar refractivity (Wildman–Crippen MR) is 106 cm³/mol. The Balaban J connectivity index is 1.47. The third-order valence-corrected chi connectivity index (χ3v) is 5.86. The fraction of sp³-hybridized carbons (Fsp3) is 0.412. The Hall–Kier alpha value is -2.13. The van der Waals surface area contributed by atoms with Crippen LogP contribution < -0.4 is 15.5 Å². The monoisotopic (exact) mass is 391 g/mol. The average molecular weight is 392 g/mol. The summed E-state index contributed by atoms with van der Waals surface area (Å²) in [4.78, 5) is 25.5. The Bertz CT molecular complexity index is 757. The van der Waals surface area contributed by atoms with Gasteiger partial charge in [0.15, 0.2) is 4.34 Å². The quantitative estimate of drug-likeness (QED) is 0.581. The normalized spacial score (nSPS) is 14.1. The molecule has 0 radical (unpaired) electrons. The maximum atomic E-state index is 12.1. The summed E-state index contributed by atoms with van der Waals surface area (Å²) >= 11 is 2.55. The molecule has 0 bridgehead atoms. The van der Waals surface area contributed by atoms with Crippen molar-refractivity contribution in [3.05, 3.63) is 24.3 Å². The van der Waals surface area contributed by atoms with Crippen molar-refractivity contribution < 1.29 is 9.59 Å². The molecule has 1 aromatic heterocycles. The van der Waals surface area contributed by atoms with Crippen LogP contribution in [-0.4, -0.2) is 40.9 Å². The molecular formula is C17H21N5O2S2. The van der Waals surface area contributed by atoms with E-state index in [0.29, 0.717) is 9.47 Å². The second-order valence-corrected chi connectivity index (χ2v) is 8.19. The van der Waals surface area contributed by atoms with E-state index in [1.54, 1.807) is 0 Å². The van der Waals surface area contributed by atoms with Gasteiger partial charge in [0.25, 0.3) is 0 Å². The summed E-state index contributed by atoms with van der Waals surface area (Å²) in [7, 11) is 0. The molecule has 1 aromatic carbocycles. The summed E-state index contributed by atoms with van der Waals surface area (Å²) < 4.78 is 0.643. The van der Waals surface area contributed by atoms with Crippen molar-refractivity contribution in [2.24, 2.45) is 0 Å². The van der Waals surface area contributed by atoms with E-state index in [0.717, 1.165) is 18.8 Å². The number of carbonyl (C=O) groups is 2. The van der Waals surface area contributed by atoms with Crippen LogP contribution in [0.2, 0.25) is 0 Å². The largest absolute Gasteiger partial charge is 0.372 e. The second kappa shape index (κ2) is 9.00. The van der Waals surface area contributed by atoms with E-state index in [1.807, 2.05) is 12.1 Å². The maximum absolute atomic E-state index is 12.1. The minimum atomic E-state index is -0.191. The molecule has 1 aliphatic heterocycles. The molecule has 3 rings (SSSR count). The molecule has 1 saturated heterocycles. The molecule has 7 nitrogen and oxygen atoms in total. The van der Waals surface area contributed by atoms with E-state index in [4.69, 9.17) is 0 Å². The van der Waals surface area contributed by atoms with Crippen LogP contribution in [0.1, 0.15) is 26.2 Å². The van der Waals surface area contributed by atoms with Crippen LogP contribution in [0, 0.1) is 0 Å². The summed E-state index contributed by atoms with van der Waals surface area (Å²) in [6.07, 6.45) is 3.79. The van der Waals surface area contributed by atoms with E-state index >= 15 is 0 Å². The topological polar surface area (TPSA) is 87.2 Å². The summed E-state index contributed by atoms with van der Waals surface area (Å²) in [5, 5.41) is 13.7. The number of hydrogen-bond acceptors (Lipinski definition) is 7. The highest BCUT2D eigenvalue weighted by molar-refractivity contribution is 8.01. The number of amides is 2. The van der Waals surface area contributed by atoms with E-state index < -0.39 is 0 Å². The van der Waals surface area contributed by atoms with Gasteiger partial charge < -0.3 is 15.5 Å². The third kappa shape index (κ3) is 5.43. The lowest BCUT2D eigenvalue weighted by molar-refractivity contribution is -0.114. The molecule has 2 aromatic rings. The molecule has 1 fully saturated rings. The van der Waals surface area contributed by atoms with Crippen molar-refractivity contribution >= 4 is 51.4 Å². The molecule has 138 valence electrons. The van der Waals surface area contributed by atoms with Gasteiger partial charge in [-0.15, -0.1) is 10.2 Å². The van der Waals surface area contributed by atoms with Gasteiger partial charge in [-0.3, -0.25) is 9.59 Å². The van der Waals surface area contributed by atoms with Gasteiger partial charge in [-0.1, -0.05) is 23.1 Å². The Labute approximate surface area is 160 Å². The molecule has 0 aliphatic carbocycles. The first kappa shape index (κ1) is 18.7. The standard InChI is InChI=1S/C17H21N5O2S2/c1-12(23)18-16-20-21-17(26-16)25-11-15(24)19-13-5-7-14(8-6-13)22-9-3-2-4-10-22/h5-8H,2-4,9-11H2,1H3,(H,19,24)(H,18,20,23). The molecule has 0 spiro atoms. The Kier molecular flexibility index (Phi) is 6.45. The SMILES string of the molecule is CC(=O)Nc1nnc(SCC(=O)Nc2ccc(N3CCCCC3)cc2)s1. The molecule has 1 aliphatic rings. The molecule has 2 N–H and O–H groups in total. The zero-order chi connectivity index (χ0) is 18.4. The summed E-state index contributed by atoms with van der Waals surface area (Å²) in [6, 6.07) is 7.98. The maximum Gasteiger partial charge on any atom is 0.234 e. The van der Waals surface area contributed by atoms with Crippen molar-refractivity contribution in [2.75, 3.05) is 34.4 Å². The lowest BCUT2D eigenvalue weighted by atomic mass is 10.1. The number of rotatable bonds is 6. The van der Waals surface area contributed by atoms with Gasteiger partial charge >= 0.3 is 0 Å². The Morgan fingerprint density at radius 1 is 1.12 bits per heavy atom. The van der Waals surface area contributed by atoms with E-state index in [2.05, 4.69) is 37.9 Å². The number of thioether (sulfide) groups is 1. The van der Waals surface area contributed by atoms with Crippen LogP contribution in [-0.2, 0) is 9.59 Å². The number of carbonyl (C=O) groups excluding carboxylic acids is 2. The highest BCUT2D eigenvalue weighted by Gasteiger charge is 2.12. The molecular weight excluding hydrogens is 370 g/mol. The van der Waals surface area contributed by atoms with Gasteiger partial charge in [-0.2, -0.15) is 0 Å². The number of piperidine rings is 1. The number of anilines is 3. The van der Waals surface area contributed by atoms with Gasteiger partial charge in [-0.05, 0) is 43.5 Å². The Morgan fingerprint density at radius 3 is 2.54 bits per heavy atom. The van der Waals surface area contributed by atoms with Crippen LogP contribution in [0.25, 0.3) is 0 Å². The molecule has 0 unspecified atom stereocenters.